The summed E-state index contributed by atoms with van der Waals surface area (Å²) in [5.41, 5.74) is 2.03. The summed E-state index contributed by atoms with van der Waals surface area (Å²) in [6.45, 7) is 1.41. The lowest BCUT2D eigenvalue weighted by atomic mass is 10.1. The molecule has 5 nitrogen and oxygen atoms in total. The van der Waals surface area contributed by atoms with Crippen LogP contribution in [-0.4, -0.2) is 37.5 Å². The topological polar surface area (TPSA) is 58.6 Å². The molecule has 5 heteroatoms. The number of para-hydroxylation sites is 1. The maximum Gasteiger partial charge on any atom is 0.339 e. The quantitative estimate of drug-likeness (QED) is 0.795. The van der Waals surface area contributed by atoms with Gasteiger partial charge in [0, 0.05) is 19.5 Å². The lowest BCUT2D eigenvalue weighted by Gasteiger charge is -2.16. The fourth-order valence-electron chi connectivity index (χ4n) is 2.36. The first-order chi connectivity index (χ1) is 11.6. The van der Waals surface area contributed by atoms with Crippen molar-refractivity contribution < 1.29 is 14.3 Å². The van der Waals surface area contributed by atoms with E-state index in [0.717, 1.165) is 6.54 Å². The molecule has 0 aliphatic heterocycles. The predicted molar refractivity (Wildman–Crippen MR) is 93.8 cm³/mol. The highest BCUT2D eigenvalue weighted by atomic mass is 16.5. The summed E-state index contributed by atoms with van der Waals surface area (Å²) in [7, 11) is 3.29. The fourth-order valence-corrected chi connectivity index (χ4v) is 2.36. The molecule has 0 atom stereocenters. The second-order valence-electron chi connectivity index (χ2n) is 5.56. The average molecular weight is 326 g/mol. The molecular formula is C19H22N2O3. The van der Waals surface area contributed by atoms with Gasteiger partial charge in [-0.3, -0.25) is 4.79 Å². The molecule has 1 amide bonds. The lowest BCUT2D eigenvalue weighted by molar-refractivity contribution is -0.116. The minimum Gasteiger partial charge on any atom is -0.465 e. The van der Waals surface area contributed by atoms with Gasteiger partial charge in [-0.05, 0) is 24.7 Å². The van der Waals surface area contributed by atoms with Crippen LogP contribution in [0, 0.1) is 0 Å². The first kappa shape index (κ1) is 17.7. The van der Waals surface area contributed by atoms with E-state index in [1.54, 1.807) is 24.3 Å². The van der Waals surface area contributed by atoms with Gasteiger partial charge in [0.2, 0.25) is 5.91 Å². The number of nitrogens with zero attached hydrogens (tertiary/aromatic N) is 1. The highest BCUT2D eigenvalue weighted by Gasteiger charge is 2.13. The van der Waals surface area contributed by atoms with Gasteiger partial charge in [-0.2, -0.15) is 0 Å². The van der Waals surface area contributed by atoms with Gasteiger partial charge in [-0.25, -0.2) is 4.79 Å². The summed E-state index contributed by atoms with van der Waals surface area (Å²) >= 11 is 0. The Morgan fingerprint density at radius 1 is 1.04 bits per heavy atom. The van der Waals surface area contributed by atoms with Crippen LogP contribution in [0.1, 0.15) is 22.3 Å². The number of ether oxygens (including phenoxy) is 1. The molecule has 0 spiro atoms. The van der Waals surface area contributed by atoms with Crippen LogP contribution in [0.5, 0.6) is 0 Å². The zero-order valence-corrected chi connectivity index (χ0v) is 14.0. The standard InChI is InChI=1S/C19H22N2O3/c1-21(14-15-8-4-3-5-9-15)13-12-18(22)20-17-11-7-6-10-16(17)19(23)24-2/h3-11H,12-14H2,1-2H3,(H,20,22). The largest absolute Gasteiger partial charge is 0.465 e. The lowest BCUT2D eigenvalue weighted by Crippen LogP contribution is -2.24. The number of esters is 1. The maximum atomic E-state index is 12.1. The number of hydrogen-bond donors (Lipinski definition) is 1. The number of carbonyl (C=O) groups excluding carboxylic acids is 2. The van der Waals surface area contributed by atoms with Crippen molar-refractivity contribution in [1.82, 2.24) is 4.90 Å². The maximum absolute atomic E-state index is 12.1. The van der Waals surface area contributed by atoms with E-state index in [-0.39, 0.29) is 5.91 Å². The van der Waals surface area contributed by atoms with Crippen LogP contribution in [0.4, 0.5) is 5.69 Å². The van der Waals surface area contributed by atoms with E-state index >= 15 is 0 Å². The molecule has 0 aliphatic rings. The molecule has 0 fully saturated rings. The highest BCUT2D eigenvalue weighted by Crippen LogP contribution is 2.16. The molecule has 2 rings (SSSR count). The van der Waals surface area contributed by atoms with Crippen LogP contribution >= 0.6 is 0 Å². The molecule has 0 unspecified atom stereocenters. The molecule has 0 aromatic heterocycles. The molecule has 1 N–H and O–H groups in total. The highest BCUT2D eigenvalue weighted by molar-refractivity contribution is 6.01. The zero-order chi connectivity index (χ0) is 17.4. The smallest absolute Gasteiger partial charge is 0.339 e. The van der Waals surface area contributed by atoms with E-state index < -0.39 is 5.97 Å². The fraction of sp³-hybridized carbons (Fsp3) is 0.263. The first-order valence-corrected chi connectivity index (χ1v) is 7.80. The van der Waals surface area contributed by atoms with Gasteiger partial charge in [-0.15, -0.1) is 0 Å². The summed E-state index contributed by atoms with van der Waals surface area (Å²) < 4.78 is 4.72. The molecule has 2 aromatic carbocycles. The number of benzene rings is 2. The van der Waals surface area contributed by atoms with Crippen molar-refractivity contribution in [3.8, 4) is 0 Å². The summed E-state index contributed by atoms with van der Waals surface area (Å²) in [6, 6.07) is 16.9. The van der Waals surface area contributed by atoms with Gasteiger partial charge in [0.15, 0.2) is 0 Å². The van der Waals surface area contributed by atoms with E-state index in [0.29, 0.717) is 24.2 Å². The molecule has 0 radical (unpaired) electrons. The van der Waals surface area contributed by atoms with E-state index in [4.69, 9.17) is 4.74 Å². The number of carbonyl (C=O) groups is 2. The van der Waals surface area contributed by atoms with Crippen LogP contribution in [0.2, 0.25) is 0 Å². The number of amides is 1. The van der Waals surface area contributed by atoms with Gasteiger partial charge in [0.05, 0.1) is 18.4 Å². The SMILES string of the molecule is COC(=O)c1ccccc1NC(=O)CCN(C)Cc1ccccc1. The van der Waals surface area contributed by atoms with Crippen molar-refractivity contribution in [2.24, 2.45) is 0 Å². The first-order valence-electron chi connectivity index (χ1n) is 7.80. The molecule has 126 valence electrons. The summed E-state index contributed by atoms with van der Waals surface area (Å²) in [4.78, 5) is 25.9. The van der Waals surface area contributed by atoms with E-state index in [9.17, 15) is 9.59 Å². The predicted octanol–water partition coefficient (Wildman–Crippen LogP) is 2.93. The van der Waals surface area contributed by atoms with Crippen molar-refractivity contribution in [2.75, 3.05) is 26.0 Å². The summed E-state index contributed by atoms with van der Waals surface area (Å²) in [5.74, 6) is -0.599. The molecule has 0 aliphatic carbocycles. The van der Waals surface area contributed by atoms with Crippen molar-refractivity contribution in [2.45, 2.75) is 13.0 Å². The molecule has 0 saturated carbocycles. The molecule has 0 heterocycles. The Hall–Kier alpha value is -2.66. The van der Waals surface area contributed by atoms with Crippen LogP contribution in [0.25, 0.3) is 0 Å². The third-order valence-corrected chi connectivity index (χ3v) is 3.62. The van der Waals surface area contributed by atoms with Crippen LogP contribution < -0.4 is 5.32 Å². The van der Waals surface area contributed by atoms with E-state index in [2.05, 4.69) is 22.3 Å². The summed E-state index contributed by atoms with van der Waals surface area (Å²) in [6.07, 6.45) is 0.346. The molecule has 0 bridgehead atoms. The Bertz CT molecular complexity index is 686. The zero-order valence-electron chi connectivity index (χ0n) is 14.0. The van der Waals surface area contributed by atoms with Crippen LogP contribution in [-0.2, 0) is 16.1 Å². The Kier molecular flexibility index (Phi) is 6.51. The normalized spacial score (nSPS) is 10.5. The van der Waals surface area contributed by atoms with Crippen molar-refractivity contribution in [3.63, 3.8) is 0 Å². The number of methoxy groups -OCH3 is 1. The third kappa shape index (κ3) is 5.21. The second-order valence-corrected chi connectivity index (χ2v) is 5.56. The van der Waals surface area contributed by atoms with Gasteiger partial charge >= 0.3 is 5.97 Å². The van der Waals surface area contributed by atoms with Crippen LogP contribution in [0.3, 0.4) is 0 Å². The molecule has 24 heavy (non-hydrogen) atoms. The monoisotopic (exact) mass is 326 g/mol. The second kappa shape index (κ2) is 8.84. The van der Waals surface area contributed by atoms with Gasteiger partial charge < -0.3 is 15.0 Å². The average Bonchev–Trinajstić information content (AvgIpc) is 2.60. The minimum atomic E-state index is -0.466. The van der Waals surface area contributed by atoms with Crippen LogP contribution in [0.15, 0.2) is 54.6 Å². The number of rotatable bonds is 7. The molecular weight excluding hydrogens is 304 g/mol. The van der Waals surface area contributed by atoms with Crippen molar-refractivity contribution in [3.05, 3.63) is 65.7 Å². The minimum absolute atomic E-state index is 0.133. The van der Waals surface area contributed by atoms with Gasteiger partial charge in [0.25, 0.3) is 0 Å². The van der Waals surface area contributed by atoms with Gasteiger partial charge in [-0.1, -0.05) is 42.5 Å². The van der Waals surface area contributed by atoms with Gasteiger partial charge in [0.1, 0.15) is 0 Å². The summed E-state index contributed by atoms with van der Waals surface area (Å²) in [5, 5.41) is 2.78. The Balaban J connectivity index is 1.86. The van der Waals surface area contributed by atoms with Crippen molar-refractivity contribution in [1.29, 1.82) is 0 Å². The Morgan fingerprint density at radius 3 is 2.42 bits per heavy atom. The molecule has 2 aromatic rings. The number of anilines is 1. The third-order valence-electron chi connectivity index (χ3n) is 3.62. The molecule has 0 saturated heterocycles. The Morgan fingerprint density at radius 2 is 1.71 bits per heavy atom. The van der Waals surface area contributed by atoms with E-state index in [1.165, 1.54) is 12.7 Å². The number of nitrogens with one attached hydrogen (secondary N) is 1. The van der Waals surface area contributed by atoms with Crippen molar-refractivity contribution >= 4 is 17.6 Å². The Labute approximate surface area is 142 Å². The number of hydrogen-bond acceptors (Lipinski definition) is 4. The van der Waals surface area contributed by atoms with E-state index in [1.807, 2.05) is 25.2 Å².